The smallest absolute Gasteiger partial charge is 0.143 e. The van der Waals surface area contributed by atoms with Gasteiger partial charge in [-0.3, -0.25) is 21.6 Å². The molecule has 3 rings (SSSR count). The Balaban J connectivity index is 0. The van der Waals surface area contributed by atoms with Gasteiger partial charge in [0.15, 0.2) is 0 Å². The number of hydrogen-bond acceptors (Lipinski definition) is 6. The fraction of sp³-hybridized carbons (Fsp3) is 0.537. The van der Waals surface area contributed by atoms with Crippen LogP contribution in [0.5, 0.6) is 0 Å². The van der Waals surface area contributed by atoms with E-state index in [4.69, 9.17) is 9.72 Å². The Kier molecular flexibility index (Phi) is 38.5. The highest BCUT2D eigenvalue weighted by Gasteiger charge is 2.25. The first-order chi connectivity index (χ1) is 34.9. The molecule has 0 aliphatic heterocycles. The van der Waals surface area contributed by atoms with E-state index < -0.39 is 0 Å². The first-order valence-corrected chi connectivity index (χ1v) is 27.7. The lowest BCUT2D eigenvalue weighted by Gasteiger charge is -2.29. The van der Waals surface area contributed by atoms with Crippen molar-refractivity contribution in [3.8, 4) is 23.0 Å². The van der Waals surface area contributed by atoms with E-state index in [0.717, 1.165) is 74.6 Å². The van der Waals surface area contributed by atoms with Crippen LogP contribution in [-0.2, 0) is 11.2 Å². The normalized spacial score (nSPS) is 12.1. The van der Waals surface area contributed by atoms with Gasteiger partial charge in [-0.1, -0.05) is 172 Å². The first-order valence-electron chi connectivity index (χ1n) is 27.7. The summed E-state index contributed by atoms with van der Waals surface area (Å²) in [5.74, 6) is 14.5. The van der Waals surface area contributed by atoms with E-state index >= 15 is 0 Å². The fourth-order valence-electron chi connectivity index (χ4n) is 7.87. The Morgan fingerprint density at radius 3 is 1.99 bits per heavy atom. The average molecular weight is 1010 g/mol. The van der Waals surface area contributed by atoms with Gasteiger partial charge in [0, 0.05) is 12.2 Å². The van der Waals surface area contributed by atoms with Crippen LogP contribution < -0.4 is 11.7 Å². The largest absolute Gasteiger partial charge is 0.376 e. The summed E-state index contributed by atoms with van der Waals surface area (Å²) in [6, 6.07) is 20.9. The molecule has 0 amide bonds. The minimum atomic E-state index is -0.0566. The molecule has 2 unspecified atom stereocenters. The summed E-state index contributed by atoms with van der Waals surface area (Å²) in [5.41, 5.74) is 15.2. The number of ether oxygens (including phenoxy) is 1. The molecule has 0 saturated carbocycles. The van der Waals surface area contributed by atoms with E-state index in [1.807, 2.05) is 40.1 Å². The van der Waals surface area contributed by atoms with Gasteiger partial charge < -0.3 is 9.64 Å². The Hall–Kier alpha value is -4.55. The lowest BCUT2D eigenvalue weighted by Crippen LogP contribution is -2.36. The van der Waals surface area contributed by atoms with Crippen molar-refractivity contribution < 1.29 is 4.74 Å². The number of likely N-dealkylation sites (N-methyl/N-ethyl adjacent to an activating group) is 1. The molecule has 3 aromatic rings. The van der Waals surface area contributed by atoms with E-state index in [-0.39, 0.29) is 11.0 Å². The lowest BCUT2D eigenvalue weighted by atomic mass is 9.70. The molecule has 0 saturated heterocycles. The third kappa shape index (κ3) is 28.4. The molecule has 4 N–H and O–H groups in total. The molecule has 1 heterocycles. The number of unbranched alkanes of at least 4 members (excludes halogenated alkanes) is 2. The van der Waals surface area contributed by atoms with Crippen LogP contribution in [0.15, 0.2) is 122 Å². The summed E-state index contributed by atoms with van der Waals surface area (Å²) in [7, 11) is 10.2. The van der Waals surface area contributed by atoms with Crippen LogP contribution in [0.2, 0.25) is 6.82 Å². The summed E-state index contributed by atoms with van der Waals surface area (Å²) >= 11 is 0. The van der Waals surface area contributed by atoms with Gasteiger partial charge in [-0.05, 0) is 201 Å². The second kappa shape index (κ2) is 39.8. The van der Waals surface area contributed by atoms with Crippen molar-refractivity contribution in [1.82, 2.24) is 14.8 Å². The number of aromatic nitrogens is 1. The van der Waals surface area contributed by atoms with Gasteiger partial charge in [0.1, 0.15) is 7.28 Å². The molecule has 2 aromatic carbocycles. The molecule has 7 heteroatoms. The number of nitrogens with zero attached hydrogens (tertiary/aromatic N) is 3. The SMILES string of the molecule is C=C(C)C#CC(C)(C)N(C)C.C=C([B]C)C(COC(CC)CC)N(C)C.C=CCCC(C)(C)C/C(=C(/C)c1cccnc1C(C)CC)c1cc(-c2cccc(CCCCCC(=C)C=C)c2)ccc1C.CCC.NN. The molecule has 74 heavy (non-hydrogen) atoms. The number of hydrogen-bond donors (Lipinski definition) is 2. The van der Waals surface area contributed by atoms with Gasteiger partial charge in [-0.2, -0.15) is 0 Å². The van der Waals surface area contributed by atoms with Gasteiger partial charge >= 0.3 is 0 Å². The number of benzene rings is 2. The number of pyridine rings is 1. The van der Waals surface area contributed by atoms with E-state index in [1.165, 1.54) is 75.9 Å². The summed E-state index contributed by atoms with van der Waals surface area (Å²) in [6.45, 7) is 51.0. The quantitative estimate of drug-likeness (QED) is 0.0159. The van der Waals surface area contributed by atoms with Crippen molar-refractivity contribution in [1.29, 1.82) is 0 Å². The van der Waals surface area contributed by atoms with Crippen LogP contribution in [0.1, 0.15) is 188 Å². The Labute approximate surface area is 458 Å². The summed E-state index contributed by atoms with van der Waals surface area (Å²) in [5, 5.41) is 0. The van der Waals surface area contributed by atoms with Gasteiger partial charge in [0.2, 0.25) is 0 Å². The maximum atomic E-state index is 5.86. The van der Waals surface area contributed by atoms with Crippen molar-refractivity contribution in [2.24, 2.45) is 17.1 Å². The fourth-order valence-corrected chi connectivity index (χ4v) is 7.87. The molecule has 411 valence electrons. The molecular weight excluding hydrogens is 902 g/mol. The standard InChI is InChI=1S/C42H55N.C12H25BNO.C10H17N.C3H8.H4N2/c1-10-13-26-42(8,9)30-40(34(7)38-23-18-27-43-41(38)32(5)12-3)39-29-37(25-24-33(39)6)36-22-17-21-35(28-36)20-16-14-15-19-31(4)11-2;1-7-11(8-2)15-9-12(14(5)6)10(3)13-4;1-9(2)7-8-10(3,4)11(5)6;1-3-2;1-2/h10-11,17-18,21-25,27-29,32H,1-2,4,12-16,19-20,26,30H2,3,5-9H3;11-12H,3,7-9H2,1-2,4-6H3;1H2,2-6H3;3H2,1-2H3;1-2H2/b40-34+;;;;. The minimum Gasteiger partial charge on any atom is -0.376 e. The zero-order chi connectivity index (χ0) is 57.0. The van der Waals surface area contributed by atoms with Crippen LogP contribution >= 0.6 is 0 Å². The zero-order valence-electron chi connectivity index (χ0n) is 50.9. The molecule has 1 radical (unpaired) electrons. The van der Waals surface area contributed by atoms with Gasteiger partial charge in [-0.15, -0.1) is 13.2 Å². The van der Waals surface area contributed by atoms with E-state index in [9.17, 15) is 0 Å². The van der Waals surface area contributed by atoms with Crippen molar-refractivity contribution in [2.75, 3.05) is 34.8 Å². The highest BCUT2D eigenvalue weighted by atomic mass is 16.5. The number of allylic oxidation sites excluding steroid dienone is 6. The molecule has 2 atom stereocenters. The van der Waals surface area contributed by atoms with Crippen molar-refractivity contribution in [3.05, 3.63) is 150 Å². The van der Waals surface area contributed by atoms with Gasteiger partial charge in [-0.25, -0.2) is 0 Å². The van der Waals surface area contributed by atoms with Crippen LogP contribution in [-0.4, -0.2) is 74.5 Å². The number of hydrazine groups is 1. The highest BCUT2D eigenvalue weighted by molar-refractivity contribution is 6.43. The Morgan fingerprint density at radius 1 is 0.838 bits per heavy atom. The van der Waals surface area contributed by atoms with Crippen LogP contribution in [0, 0.1) is 24.2 Å². The second-order valence-corrected chi connectivity index (χ2v) is 21.5. The number of rotatable bonds is 26. The zero-order valence-corrected chi connectivity index (χ0v) is 50.9. The molecular formula is C67H109BN5O. The monoisotopic (exact) mass is 1010 g/mol. The average Bonchev–Trinajstić information content (AvgIpc) is 3.38. The maximum Gasteiger partial charge on any atom is 0.143 e. The molecule has 0 bridgehead atoms. The van der Waals surface area contributed by atoms with E-state index in [2.05, 4.69) is 231 Å². The van der Waals surface area contributed by atoms with Gasteiger partial charge in [0.25, 0.3) is 0 Å². The second-order valence-electron chi connectivity index (χ2n) is 21.5. The van der Waals surface area contributed by atoms with Crippen LogP contribution in [0.3, 0.4) is 0 Å². The third-order valence-electron chi connectivity index (χ3n) is 13.6. The maximum absolute atomic E-state index is 5.86. The highest BCUT2D eigenvalue weighted by Crippen LogP contribution is 2.42. The van der Waals surface area contributed by atoms with Crippen LogP contribution in [0.25, 0.3) is 22.3 Å². The van der Waals surface area contributed by atoms with Crippen LogP contribution in [0.4, 0.5) is 0 Å². The third-order valence-corrected chi connectivity index (χ3v) is 13.6. The van der Waals surface area contributed by atoms with Crippen molar-refractivity contribution in [3.63, 3.8) is 0 Å². The van der Waals surface area contributed by atoms with Gasteiger partial charge in [0.05, 0.1) is 23.9 Å². The Morgan fingerprint density at radius 2 is 1.46 bits per heavy atom. The van der Waals surface area contributed by atoms with E-state index in [0.29, 0.717) is 18.1 Å². The van der Waals surface area contributed by atoms with E-state index in [1.54, 1.807) is 0 Å². The number of aryl methyl sites for hydroxylation is 2. The molecule has 1 aromatic heterocycles. The van der Waals surface area contributed by atoms with Crippen molar-refractivity contribution >= 4 is 18.4 Å². The number of nitrogens with two attached hydrogens (primary N) is 2. The summed E-state index contributed by atoms with van der Waals surface area (Å²) in [6.07, 6.45) is 19.6. The lowest BCUT2D eigenvalue weighted by molar-refractivity contribution is 0.0244. The minimum absolute atomic E-state index is 0.0566. The molecule has 0 aliphatic rings. The predicted octanol–water partition coefficient (Wildman–Crippen LogP) is 17.3. The first kappa shape index (κ1) is 71.5. The summed E-state index contributed by atoms with van der Waals surface area (Å²) < 4.78 is 5.86. The molecule has 6 nitrogen and oxygen atoms in total. The summed E-state index contributed by atoms with van der Waals surface area (Å²) in [4.78, 5) is 9.13. The molecule has 0 fully saturated rings. The van der Waals surface area contributed by atoms with Crippen molar-refractivity contribution in [2.45, 2.75) is 197 Å². The topological polar surface area (TPSA) is 80.6 Å². The molecule has 0 spiro atoms. The Bertz CT molecular complexity index is 2180. The predicted molar refractivity (Wildman–Crippen MR) is 335 cm³/mol. The molecule has 0 aliphatic carbocycles.